The van der Waals surface area contributed by atoms with Gasteiger partial charge in [0.25, 0.3) is 0 Å². The summed E-state index contributed by atoms with van der Waals surface area (Å²) >= 11 is 0. The van der Waals surface area contributed by atoms with Crippen LogP contribution in [0.25, 0.3) is 0 Å². The van der Waals surface area contributed by atoms with Crippen molar-refractivity contribution in [1.29, 1.82) is 0 Å². The topological polar surface area (TPSA) is 55.8 Å². The van der Waals surface area contributed by atoms with Crippen molar-refractivity contribution in [3.63, 3.8) is 0 Å². The average Bonchev–Trinajstić information content (AvgIpc) is 2.39. The highest BCUT2D eigenvalue weighted by atomic mass is 16.4. The predicted molar refractivity (Wildman–Crippen MR) is 66.0 cm³/mol. The molecule has 2 saturated heterocycles. The Labute approximate surface area is 103 Å². The number of rotatable bonds is 2. The molecule has 5 heteroatoms. The lowest BCUT2D eigenvalue weighted by Crippen LogP contribution is -2.71. The van der Waals surface area contributed by atoms with E-state index < -0.39 is 6.09 Å². The summed E-state index contributed by atoms with van der Waals surface area (Å²) in [7, 11) is 0. The van der Waals surface area contributed by atoms with E-state index in [1.807, 2.05) is 0 Å². The van der Waals surface area contributed by atoms with Crippen molar-refractivity contribution in [3.05, 3.63) is 0 Å². The van der Waals surface area contributed by atoms with Gasteiger partial charge in [-0.05, 0) is 19.3 Å². The first-order chi connectivity index (χ1) is 8.20. The second-order valence-corrected chi connectivity index (χ2v) is 4.99. The van der Waals surface area contributed by atoms with Crippen LogP contribution < -0.4 is 5.32 Å². The van der Waals surface area contributed by atoms with Gasteiger partial charge in [-0.1, -0.05) is 13.3 Å². The SMILES string of the molecule is CCC1(N2CCCCC2)CNCCN1C(=O)O. The lowest BCUT2D eigenvalue weighted by molar-refractivity contribution is -0.0699. The van der Waals surface area contributed by atoms with Crippen LogP contribution in [0, 0.1) is 0 Å². The van der Waals surface area contributed by atoms with Gasteiger partial charge in [0.05, 0.1) is 0 Å². The zero-order valence-electron chi connectivity index (χ0n) is 10.6. The molecule has 0 bridgehead atoms. The molecular weight excluding hydrogens is 218 g/mol. The first kappa shape index (κ1) is 12.6. The number of likely N-dealkylation sites (tertiary alicyclic amines) is 1. The Morgan fingerprint density at radius 1 is 1.29 bits per heavy atom. The predicted octanol–water partition coefficient (Wildman–Crippen LogP) is 1.16. The van der Waals surface area contributed by atoms with E-state index in [0.29, 0.717) is 6.54 Å². The number of nitrogens with zero attached hydrogens (tertiary/aromatic N) is 2. The van der Waals surface area contributed by atoms with E-state index in [2.05, 4.69) is 17.1 Å². The molecule has 2 aliphatic rings. The molecule has 0 spiro atoms. The summed E-state index contributed by atoms with van der Waals surface area (Å²) in [6.45, 7) is 6.27. The van der Waals surface area contributed by atoms with Crippen molar-refractivity contribution in [2.45, 2.75) is 38.3 Å². The van der Waals surface area contributed by atoms with Crippen molar-refractivity contribution in [3.8, 4) is 0 Å². The average molecular weight is 241 g/mol. The second-order valence-electron chi connectivity index (χ2n) is 4.99. The minimum atomic E-state index is -0.779. The molecule has 2 aliphatic heterocycles. The molecule has 0 aromatic carbocycles. The van der Waals surface area contributed by atoms with Crippen molar-refractivity contribution >= 4 is 6.09 Å². The third-order valence-corrected chi connectivity index (χ3v) is 4.16. The highest BCUT2D eigenvalue weighted by molar-refractivity contribution is 5.66. The Balaban J connectivity index is 2.21. The van der Waals surface area contributed by atoms with E-state index in [9.17, 15) is 9.90 Å². The molecule has 2 heterocycles. The minimum Gasteiger partial charge on any atom is -0.465 e. The molecule has 1 amide bonds. The number of hydrogen-bond acceptors (Lipinski definition) is 3. The fourth-order valence-electron chi connectivity index (χ4n) is 3.19. The van der Waals surface area contributed by atoms with Crippen LogP contribution in [0.15, 0.2) is 0 Å². The smallest absolute Gasteiger partial charge is 0.408 e. The Kier molecular flexibility index (Phi) is 3.89. The number of nitrogens with one attached hydrogen (secondary N) is 1. The van der Waals surface area contributed by atoms with Gasteiger partial charge in [-0.25, -0.2) is 4.79 Å². The van der Waals surface area contributed by atoms with E-state index in [-0.39, 0.29) is 5.66 Å². The number of hydrogen-bond donors (Lipinski definition) is 2. The van der Waals surface area contributed by atoms with E-state index >= 15 is 0 Å². The molecule has 2 fully saturated rings. The van der Waals surface area contributed by atoms with Crippen LogP contribution >= 0.6 is 0 Å². The molecule has 0 aliphatic carbocycles. The summed E-state index contributed by atoms with van der Waals surface area (Å²) in [4.78, 5) is 15.5. The third-order valence-electron chi connectivity index (χ3n) is 4.16. The van der Waals surface area contributed by atoms with Crippen molar-refractivity contribution in [2.75, 3.05) is 32.7 Å². The van der Waals surface area contributed by atoms with Gasteiger partial charge in [-0.15, -0.1) is 0 Å². The van der Waals surface area contributed by atoms with Gasteiger partial charge in [0, 0.05) is 32.7 Å². The summed E-state index contributed by atoms with van der Waals surface area (Å²) in [5.41, 5.74) is -0.315. The fraction of sp³-hybridized carbons (Fsp3) is 0.917. The Hall–Kier alpha value is -0.810. The Bertz CT molecular complexity index is 279. The zero-order valence-corrected chi connectivity index (χ0v) is 10.6. The van der Waals surface area contributed by atoms with Gasteiger partial charge in [-0.3, -0.25) is 9.80 Å². The van der Waals surface area contributed by atoms with E-state index in [1.165, 1.54) is 19.3 Å². The lowest BCUT2D eigenvalue weighted by Gasteiger charge is -2.53. The summed E-state index contributed by atoms with van der Waals surface area (Å²) in [6.07, 6.45) is 3.73. The molecule has 1 unspecified atom stereocenters. The van der Waals surface area contributed by atoms with Gasteiger partial charge in [0.15, 0.2) is 0 Å². The molecule has 0 aromatic heterocycles. The fourth-order valence-corrected chi connectivity index (χ4v) is 3.19. The summed E-state index contributed by atoms with van der Waals surface area (Å²) in [6, 6.07) is 0. The van der Waals surface area contributed by atoms with Crippen LogP contribution in [0.2, 0.25) is 0 Å². The number of amides is 1. The highest BCUT2D eigenvalue weighted by Crippen LogP contribution is 2.29. The van der Waals surface area contributed by atoms with Gasteiger partial charge < -0.3 is 10.4 Å². The minimum absolute atomic E-state index is 0.315. The number of piperazine rings is 1. The van der Waals surface area contributed by atoms with E-state index in [1.54, 1.807) is 4.90 Å². The van der Waals surface area contributed by atoms with Crippen LogP contribution in [0.4, 0.5) is 4.79 Å². The maximum absolute atomic E-state index is 11.4. The summed E-state index contributed by atoms with van der Waals surface area (Å²) in [5, 5.41) is 12.8. The van der Waals surface area contributed by atoms with Crippen molar-refractivity contribution in [2.24, 2.45) is 0 Å². The summed E-state index contributed by atoms with van der Waals surface area (Å²) in [5.74, 6) is 0. The molecule has 0 saturated carbocycles. The second kappa shape index (κ2) is 5.23. The van der Waals surface area contributed by atoms with Crippen LogP contribution in [-0.2, 0) is 0 Å². The van der Waals surface area contributed by atoms with Gasteiger partial charge in [0.1, 0.15) is 5.66 Å². The standard InChI is InChI=1S/C12H23N3O2/c1-2-12(14-7-4-3-5-8-14)10-13-6-9-15(12)11(16)17/h13H,2-10H2,1H3,(H,16,17). The maximum Gasteiger partial charge on any atom is 0.408 e. The van der Waals surface area contributed by atoms with Crippen LogP contribution in [0.1, 0.15) is 32.6 Å². The van der Waals surface area contributed by atoms with Gasteiger partial charge in [0.2, 0.25) is 0 Å². The van der Waals surface area contributed by atoms with Crippen molar-refractivity contribution in [1.82, 2.24) is 15.1 Å². The number of carbonyl (C=O) groups is 1. The van der Waals surface area contributed by atoms with Crippen LogP contribution in [-0.4, -0.2) is 59.4 Å². The maximum atomic E-state index is 11.4. The molecule has 2 rings (SSSR count). The summed E-state index contributed by atoms with van der Waals surface area (Å²) < 4.78 is 0. The van der Waals surface area contributed by atoms with E-state index in [0.717, 1.165) is 32.6 Å². The van der Waals surface area contributed by atoms with Gasteiger partial charge >= 0.3 is 6.09 Å². The molecule has 2 N–H and O–H groups in total. The lowest BCUT2D eigenvalue weighted by atomic mass is 9.96. The largest absolute Gasteiger partial charge is 0.465 e. The Morgan fingerprint density at radius 3 is 2.59 bits per heavy atom. The number of carboxylic acid groups (broad SMARTS) is 1. The zero-order chi connectivity index (χ0) is 12.3. The third kappa shape index (κ3) is 2.26. The molecule has 1 atom stereocenters. The molecule has 5 nitrogen and oxygen atoms in total. The monoisotopic (exact) mass is 241 g/mol. The van der Waals surface area contributed by atoms with Crippen LogP contribution in [0.5, 0.6) is 0 Å². The normalized spacial score (nSPS) is 31.5. The molecular formula is C12H23N3O2. The Morgan fingerprint density at radius 2 is 2.00 bits per heavy atom. The molecule has 98 valence electrons. The first-order valence-electron chi connectivity index (χ1n) is 6.67. The number of piperidine rings is 1. The molecule has 0 radical (unpaired) electrons. The van der Waals surface area contributed by atoms with Crippen LogP contribution in [0.3, 0.4) is 0 Å². The van der Waals surface area contributed by atoms with E-state index in [4.69, 9.17) is 0 Å². The van der Waals surface area contributed by atoms with Crippen molar-refractivity contribution < 1.29 is 9.90 Å². The molecule has 0 aromatic rings. The highest BCUT2D eigenvalue weighted by Gasteiger charge is 2.45. The molecule has 17 heavy (non-hydrogen) atoms. The van der Waals surface area contributed by atoms with Gasteiger partial charge in [-0.2, -0.15) is 0 Å². The first-order valence-corrected chi connectivity index (χ1v) is 6.67. The quantitative estimate of drug-likeness (QED) is 0.762.